The lowest BCUT2D eigenvalue weighted by Crippen LogP contribution is -2.40. The second kappa shape index (κ2) is 7.94. The van der Waals surface area contributed by atoms with Crippen molar-refractivity contribution in [2.24, 2.45) is 0 Å². The van der Waals surface area contributed by atoms with Gasteiger partial charge in [-0.1, -0.05) is 0 Å². The zero-order valence-corrected chi connectivity index (χ0v) is 12.7. The van der Waals surface area contributed by atoms with Gasteiger partial charge in [-0.2, -0.15) is 12.6 Å². The number of ether oxygens (including phenoxy) is 2. The molecule has 1 aliphatic heterocycles. The molecule has 11 heteroatoms. The average molecular weight is 336 g/mol. The Labute approximate surface area is 131 Å². The molecule has 2 atom stereocenters. The molecule has 1 fully saturated rings. The number of hydrogen-bond donors (Lipinski definition) is 2. The molecular weight excluding hydrogens is 320 g/mol. The van der Waals surface area contributed by atoms with E-state index in [1.54, 1.807) is 0 Å². The van der Waals surface area contributed by atoms with Crippen molar-refractivity contribution < 1.29 is 33.8 Å². The standard InChI is InChI=1S/C11H16N2O8S/c1-11(22,5-8(14)19-6-20-13(17)18)10(16)21-9(15)7-3-2-4-12-7/h7,12,22H,2-6H2,1H3/t7-,11-/m0/s1. The van der Waals surface area contributed by atoms with E-state index in [-0.39, 0.29) is 0 Å². The molecule has 0 unspecified atom stereocenters. The van der Waals surface area contributed by atoms with Crippen LogP contribution in [0.2, 0.25) is 0 Å². The Morgan fingerprint density at radius 1 is 1.45 bits per heavy atom. The van der Waals surface area contributed by atoms with Crippen molar-refractivity contribution in [1.29, 1.82) is 0 Å². The summed E-state index contributed by atoms with van der Waals surface area (Å²) in [5.41, 5.74) is 0. The van der Waals surface area contributed by atoms with Crippen molar-refractivity contribution in [3.63, 3.8) is 0 Å². The van der Waals surface area contributed by atoms with Crippen LogP contribution in [0.3, 0.4) is 0 Å². The largest absolute Gasteiger partial charge is 0.438 e. The van der Waals surface area contributed by atoms with Crippen LogP contribution in [0.5, 0.6) is 0 Å². The summed E-state index contributed by atoms with van der Waals surface area (Å²) in [4.78, 5) is 48.6. The third-order valence-electron chi connectivity index (χ3n) is 2.84. The molecule has 0 aliphatic carbocycles. The molecule has 1 heterocycles. The van der Waals surface area contributed by atoms with E-state index in [1.807, 2.05) is 0 Å². The zero-order chi connectivity index (χ0) is 16.8. The molecule has 0 bridgehead atoms. The number of carbonyl (C=O) groups is 3. The molecule has 1 saturated heterocycles. The Hall–Kier alpha value is -1.88. The Balaban J connectivity index is 2.42. The Morgan fingerprint density at radius 2 is 2.14 bits per heavy atom. The third kappa shape index (κ3) is 5.85. The summed E-state index contributed by atoms with van der Waals surface area (Å²) in [6, 6.07) is -0.548. The molecule has 0 aromatic rings. The summed E-state index contributed by atoms with van der Waals surface area (Å²) in [6.07, 6.45) is 0.825. The maximum absolute atomic E-state index is 11.9. The molecule has 0 aromatic carbocycles. The molecule has 22 heavy (non-hydrogen) atoms. The number of nitrogens with zero attached hydrogens (tertiary/aromatic N) is 1. The van der Waals surface area contributed by atoms with Crippen molar-refractivity contribution in [3.8, 4) is 0 Å². The molecule has 1 N–H and O–H groups in total. The van der Waals surface area contributed by atoms with Crippen LogP contribution in [-0.2, 0) is 28.7 Å². The first-order chi connectivity index (χ1) is 10.2. The fourth-order valence-corrected chi connectivity index (χ4v) is 1.87. The van der Waals surface area contributed by atoms with E-state index >= 15 is 0 Å². The lowest BCUT2D eigenvalue weighted by Gasteiger charge is -2.20. The first-order valence-electron chi connectivity index (χ1n) is 6.37. The van der Waals surface area contributed by atoms with Gasteiger partial charge in [0, 0.05) is 0 Å². The summed E-state index contributed by atoms with van der Waals surface area (Å²) in [5, 5.41) is 11.6. The Bertz CT molecular complexity index is 461. The highest BCUT2D eigenvalue weighted by Gasteiger charge is 2.37. The normalized spacial score (nSPS) is 19.8. The number of carbonyl (C=O) groups excluding carboxylic acids is 3. The van der Waals surface area contributed by atoms with Gasteiger partial charge in [-0.3, -0.25) is 14.4 Å². The van der Waals surface area contributed by atoms with Gasteiger partial charge in [0.25, 0.3) is 5.09 Å². The molecule has 0 saturated carbocycles. The first kappa shape index (κ1) is 18.2. The fraction of sp³-hybridized carbons (Fsp3) is 0.727. The number of nitrogens with one attached hydrogen (secondary N) is 1. The van der Waals surface area contributed by atoms with Gasteiger partial charge < -0.3 is 14.8 Å². The molecule has 1 rings (SSSR count). The Kier molecular flexibility index (Phi) is 6.56. The molecular formula is C11H16N2O8S. The number of hydrogen-bond acceptors (Lipinski definition) is 10. The van der Waals surface area contributed by atoms with E-state index in [0.717, 1.165) is 6.42 Å². The van der Waals surface area contributed by atoms with Gasteiger partial charge in [-0.15, -0.1) is 10.1 Å². The van der Waals surface area contributed by atoms with Crippen LogP contribution in [-0.4, -0.2) is 47.1 Å². The highest BCUT2D eigenvalue weighted by molar-refractivity contribution is 7.82. The van der Waals surface area contributed by atoms with Crippen molar-refractivity contribution >= 4 is 30.5 Å². The molecule has 124 valence electrons. The molecule has 0 radical (unpaired) electrons. The van der Waals surface area contributed by atoms with Gasteiger partial charge in [0.05, 0.1) is 6.42 Å². The minimum Gasteiger partial charge on any atom is -0.438 e. The van der Waals surface area contributed by atoms with Crippen molar-refractivity contribution in [2.45, 2.75) is 37.0 Å². The van der Waals surface area contributed by atoms with Crippen molar-refractivity contribution in [2.75, 3.05) is 13.3 Å². The fourth-order valence-electron chi connectivity index (χ4n) is 1.70. The van der Waals surface area contributed by atoms with Crippen molar-refractivity contribution in [1.82, 2.24) is 5.32 Å². The summed E-state index contributed by atoms with van der Waals surface area (Å²) in [5.74, 6) is -2.68. The van der Waals surface area contributed by atoms with E-state index < -0.39 is 47.0 Å². The smallest absolute Gasteiger partial charge is 0.330 e. The predicted molar refractivity (Wildman–Crippen MR) is 73.2 cm³/mol. The van der Waals surface area contributed by atoms with Crippen LogP contribution >= 0.6 is 12.6 Å². The van der Waals surface area contributed by atoms with E-state index in [4.69, 9.17) is 0 Å². The van der Waals surface area contributed by atoms with E-state index in [9.17, 15) is 24.5 Å². The SMILES string of the molecule is C[C@](S)(CC(=O)OCO[N+](=O)[O-])C(=O)OC(=O)[C@@H]1CCCN1. The maximum atomic E-state index is 11.9. The predicted octanol–water partition coefficient (Wildman–Crippen LogP) is -0.404. The summed E-state index contributed by atoms with van der Waals surface area (Å²) < 4.78 is 7.45. The van der Waals surface area contributed by atoms with Gasteiger partial charge >= 0.3 is 17.9 Å². The topological polar surface area (TPSA) is 134 Å². The van der Waals surface area contributed by atoms with Gasteiger partial charge in [0.2, 0.25) is 6.79 Å². The molecule has 0 amide bonds. The van der Waals surface area contributed by atoms with E-state index in [2.05, 4.69) is 32.3 Å². The van der Waals surface area contributed by atoms with E-state index in [0.29, 0.717) is 13.0 Å². The minimum atomic E-state index is -1.61. The maximum Gasteiger partial charge on any atom is 0.330 e. The van der Waals surface area contributed by atoms with Crippen LogP contribution in [0.1, 0.15) is 26.2 Å². The molecule has 0 aromatic heterocycles. The highest BCUT2D eigenvalue weighted by Crippen LogP contribution is 2.22. The number of esters is 3. The lowest BCUT2D eigenvalue weighted by atomic mass is 10.1. The lowest BCUT2D eigenvalue weighted by molar-refractivity contribution is -0.765. The minimum absolute atomic E-state index is 0.540. The summed E-state index contributed by atoms with van der Waals surface area (Å²) in [6.45, 7) is 1.04. The quantitative estimate of drug-likeness (QED) is 0.159. The first-order valence-corrected chi connectivity index (χ1v) is 6.82. The van der Waals surface area contributed by atoms with Crippen LogP contribution in [0.25, 0.3) is 0 Å². The monoisotopic (exact) mass is 336 g/mol. The molecule has 10 nitrogen and oxygen atoms in total. The van der Waals surface area contributed by atoms with Crippen LogP contribution < -0.4 is 5.32 Å². The third-order valence-corrected chi connectivity index (χ3v) is 3.19. The van der Waals surface area contributed by atoms with Gasteiger partial charge in [-0.25, -0.2) is 4.79 Å². The summed E-state index contributed by atoms with van der Waals surface area (Å²) in [7, 11) is 0. The van der Waals surface area contributed by atoms with Gasteiger partial charge in [0.1, 0.15) is 10.8 Å². The van der Waals surface area contributed by atoms with Gasteiger partial charge in [0.15, 0.2) is 0 Å². The molecule has 0 spiro atoms. The van der Waals surface area contributed by atoms with Crippen LogP contribution in [0, 0.1) is 10.1 Å². The second-order valence-electron chi connectivity index (χ2n) is 4.80. The summed E-state index contributed by atoms with van der Waals surface area (Å²) >= 11 is 3.98. The second-order valence-corrected chi connectivity index (χ2v) is 5.78. The highest BCUT2D eigenvalue weighted by atomic mass is 32.1. The van der Waals surface area contributed by atoms with Crippen molar-refractivity contribution in [3.05, 3.63) is 10.1 Å². The van der Waals surface area contributed by atoms with E-state index in [1.165, 1.54) is 6.92 Å². The van der Waals surface area contributed by atoms with Gasteiger partial charge in [-0.05, 0) is 26.3 Å². The van der Waals surface area contributed by atoms with Crippen LogP contribution in [0.4, 0.5) is 0 Å². The number of rotatable bonds is 7. The molecule has 1 aliphatic rings. The average Bonchev–Trinajstić information content (AvgIpc) is 2.91. The Morgan fingerprint density at radius 3 is 2.68 bits per heavy atom. The zero-order valence-electron chi connectivity index (χ0n) is 11.8. The van der Waals surface area contributed by atoms with Crippen LogP contribution in [0.15, 0.2) is 0 Å². The number of thiol groups is 1.